The summed E-state index contributed by atoms with van der Waals surface area (Å²) in [6, 6.07) is 0. The van der Waals surface area contributed by atoms with Crippen molar-refractivity contribution in [2.75, 3.05) is 20.4 Å². The van der Waals surface area contributed by atoms with Crippen LogP contribution >= 0.6 is 0 Å². The first-order valence-corrected chi connectivity index (χ1v) is 5.05. The molecule has 1 rings (SSSR count). The van der Waals surface area contributed by atoms with E-state index in [1.54, 1.807) is 0 Å². The van der Waals surface area contributed by atoms with Gasteiger partial charge in [0.25, 0.3) is 0 Å². The van der Waals surface area contributed by atoms with Gasteiger partial charge in [0.2, 0.25) is 0 Å². The van der Waals surface area contributed by atoms with Crippen molar-refractivity contribution >= 4 is 0 Å². The van der Waals surface area contributed by atoms with Gasteiger partial charge in [-0.25, -0.2) is 0 Å². The zero-order chi connectivity index (χ0) is 8.81. The monoisotopic (exact) mass is 171 g/mol. The third kappa shape index (κ3) is 3.55. The van der Waals surface area contributed by atoms with Crippen LogP contribution in [-0.4, -0.2) is 20.4 Å². The summed E-state index contributed by atoms with van der Waals surface area (Å²) in [6.45, 7) is 4.00. The van der Waals surface area contributed by atoms with E-state index in [1.807, 2.05) is 7.05 Å². The van der Waals surface area contributed by atoms with Gasteiger partial charge in [-0.05, 0) is 31.7 Å². The third-order valence-electron chi connectivity index (χ3n) is 2.64. The lowest BCUT2D eigenvalue weighted by molar-refractivity contribution is 0.0681. The maximum absolute atomic E-state index is 5.46. The van der Waals surface area contributed by atoms with E-state index < -0.39 is 0 Å². The second-order valence-electron chi connectivity index (χ2n) is 4.01. The molecule has 1 aliphatic carbocycles. The summed E-state index contributed by atoms with van der Waals surface area (Å²) in [5, 5.41) is 3.00. The van der Waals surface area contributed by atoms with Crippen LogP contribution in [0.2, 0.25) is 0 Å². The average molecular weight is 171 g/mol. The standard InChI is InChI=1S/C10H21NO/c1-9-4-3-5-10(6-9)7-12-8-11-2/h9-11H,3-8H2,1-2H3. The average Bonchev–Trinajstić information content (AvgIpc) is 2.05. The molecule has 0 aromatic rings. The van der Waals surface area contributed by atoms with E-state index in [4.69, 9.17) is 4.74 Å². The largest absolute Gasteiger partial charge is 0.366 e. The van der Waals surface area contributed by atoms with E-state index in [-0.39, 0.29) is 0 Å². The van der Waals surface area contributed by atoms with Gasteiger partial charge in [-0.15, -0.1) is 0 Å². The molecule has 2 heteroatoms. The van der Waals surface area contributed by atoms with Gasteiger partial charge in [0, 0.05) is 0 Å². The fourth-order valence-electron chi connectivity index (χ4n) is 2.04. The fourth-order valence-corrected chi connectivity index (χ4v) is 2.04. The SMILES string of the molecule is CNCOCC1CCCC(C)C1. The van der Waals surface area contributed by atoms with E-state index in [9.17, 15) is 0 Å². The molecule has 72 valence electrons. The predicted molar refractivity (Wildman–Crippen MR) is 51.0 cm³/mol. The van der Waals surface area contributed by atoms with Gasteiger partial charge in [0.15, 0.2) is 0 Å². The second-order valence-corrected chi connectivity index (χ2v) is 4.01. The van der Waals surface area contributed by atoms with Crippen LogP contribution in [0.5, 0.6) is 0 Å². The summed E-state index contributed by atoms with van der Waals surface area (Å²) < 4.78 is 5.46. The lowest BCUT2D eigenvalue weighted by Crippen LogP contribution is -2.21. The van der Waals surface area contributed by atoms with Crippen LogP contribution in [0.4, 0.5) is 0 Å². The molecule has 2 nitrogen and oxygen atoms in total. The zero-order valence-corrected chi connectivity index (χ0v) is 8.31. The molecule has 1 aliphatic rings. The highest BCUT2D eigenvalue weighted by Crippen LogP contribution is 2.28. The van der Waals surface area contributed by atoms with Crippen molar-refractivity contribution in [2.24, 2.45) is 11.8 Å². The molecule has 0 heterocycles. The Morgan fingerprint density at radius 3 is 2.92 bits per heavy atom. The first-order valence-electron chi connectivity index (χ1n) is 5.05. The maximum atomic E-state index is 5.46. The quantitative estimate of drug-likeness (QED) is 0.516. The minimum absolute atomic E-state index is 0.699. The van der Waals surface area contributed by atoms with E-state index in [1.165, 1.54) is 25.7 Å². The van der Waals surface area contributed by atoms with Gasteiger partial charge < -0.3 is 4.74 Å². The van der Waals surface area contributed by atoms with Crippen LogP contribution in [0.1, 0.15) is 32.6 Å². The Balaban J connectivity index is 2.06. The van der Waals surface area contributed by atoms with Crippen molar-refractivity contribution in [1.82, 2.24) is 5.32 Å². The number of nitrogens with one attached hydrogen (secondary N) is 1. The molecule has 12 heavy (non-hydrogen) atoms. The molecule has 0 bridgehead atoms. The van der Waals surface area contributed by atoms with Gasteiger partial charge in [-0.3, -0.25) is 5.32 Å². The van der Waals surface area contributed by atoms with Crippen LogP contribution in [0.25, 0.3) is 0 Å². The number of hydrogen-bond donors (Lipinski definition) is 1. The van der Waals surface area contributed by atoms with Gasteiger partial charge >= 0.3 is 0 Å². The maximum Gasteiger partial charge on any atom is 0.0962 e. The Kier molecular flexibility index (Phi) is 4.62. The number of rotatable bonds is 4. The summed E-state index contributed by atoms with van der Waals surface area (Å²) in [5.74, 6) is 1.74. The van der Waals surface area contributed by atoms with E-state index >= 15 is 0 Å². The van der Waals surface area contributed by atoms with Crippen LogP contribution < -0.4 is 5.32 Å². The fraction of sp³-hybridized carbons (Fsp3) is 1.00. The topological polar surface area (TPSA) is 21.3 Å². The molecule has 2 unspecified atom stereocenters. The molecule has 1 fully saturated rings. The lowest BCUT2D eigenvalue weighted by atomic mass is 9.83. The first kappa shape index (κ1) is 10.0. The highest BCUT2D eigenvalue weighted by atomic mass is 16.5. The van der Waals surface area contributed by atoms with Crippen molar-refractivity contribution in [3.05, 3.63) is 0 Å². The summed E-state index contributed by atoms with van der Waals surface area (Å²) >= 11 is 0. The number of ether oxygens (including phenoxy) is 1. The molecule has 0 spiro atoms. The van der Waals surface area contributed by atoms with E-state index in [0.717, 1.165) is 18.4 Å². The molecule has 1 saturated carbocycles. The first-order chi connectivity index (χ1) is 5.83. The van der Waals surface area contributed by atoms with Gasteiger partial charge in [0.05, 0.1) is 13.3 Å². The van der Waals surface area contributed by atoms with Crippen molar-refractivity contribution in [1.29, 1.82) is 0 Å². The Labute approximate surface area is 75.7 Å². The van der Waals surface area contributed by atoms with Gasteiger partial charge in [0.1, 0.15) is 0 Å². The molecule has 0 aliphatic heterocycles. The van der Waals surface area contributed by atoms with Crippen LogP contribution in [0, 0.1) is 11.8 Å². The highest BCUT2D eigenvalue weighted by Gasteiger charge is 2.18. The van der Waals surface area contributed by atoms with Gasteiger partial charge in [-0.1, -0.05) is 19.8 Å². The van der Waals surface area contributed by atoms with Gasteiger partial charge in [-0.2, -0.15) is 0 Å². The van der Waals surface area contributed by atoms with Crippen LogP contribution in [0.3, 0.4) is 0 Å². The van der Waals surface area contributed by atoms with E-state index in [2.05, 4.69) is 12.2 Å². The summed E-state index contributed by atoms with van der Waals surface area (Å²) in [6.07, 6.45) is 5.55. The van der Waals surface area contributed by atoms with Crippen molar-refractivity contribution < 1.29 is 4.74 Å². The zero-order valence-electron chi connectivity index (χ0n) is 8.31. The molecule has 0 saturated heterocycles. The van der Waals surface area contributed by atoms with Crippen LogP contribution in [0.15, 0.2) is 0 Å². The molecule has 0 aromatic carbocycles. The molecule has 0 radical (unpaired) electrons. The lowest BCUT2D eigenvalue weighted by Gasteiger charge is -2.26. The smallest absolute Gasteiger partial charge is 0.0962 e. The Hall–Kier alpha value is -0.0800. The van der Waals surface area contributed by atoms with E-state index in [0.29, 0.717) is 6.73 Å². The Morgan fingerprint density at radius 1 is 1.42 bits per heavy atom. The summed E-state index contributed by atoms with van der Waals surface area (Å²) in [7, 11) is 1.92. The van der Waals surface area contributed by atoms with Crippen molar-refractivity contribution in [2.45, 2.75) is 32.6 Å². The highest BCUT2D eigenvalue weighted by molar-refractivity contribution is 4.69. The van der Waals surface area contributed by atoms with Crippen LogP contribution in [-0.2, 0) is 4.74 Å². The normalized spacial score (nSPS) is 30.5. The minimum atomic E-state index is 0.699. The molecule has 0 aromatic heterocycles. The number of hydrogen-bond acceptors (Lipinski definition) is 2. The Bertz CT molecular complexity index is 116. The summed E-state index contributed by atoms with van der Waals surface area (Å²) in [4.78, 5) is 0. The third-order valence-corrected chi connectivity index (χ3v) is 2.64. The molecule has 1 N–H and O–H groups in total. The van der Waals surface area contributed by atoms with Crippen molar-refractivity contribution in [3.8, 4) is 0 Å². The molecule has 2 atom stereocenters. The van der Waals surface area contributed by atoms with Crippen molar-refractivity contribution in [3.63, 3.8) is 0 Å². The molecular weight excluding hydrogens is 150 g/mol. The molecule has 0 amide bonds. The minimum Gasteiger partial charge on any atom is -0.366 e. The second kappa shape index (κ2) is 5.55. The molecular formula is C10H21NO. The summed E-state index contributed by atoms with van der Waals surface area (Å²) in [5.41, 5.74) is 0. The predicted octanol–water partition coefficient (Wildman–Crippen LogP) is 2.01. The Morgan fingerprint density at radius 2 is 2.25 bits per heavy atom.